The molecular weight excluding hydrogens is 176 g/mol. The highest BCUT2D eigenvalue weighted by molar-refractivity contribution is 5.20. The van der Waals surface area contributed by atoms with E-state index >= 15 is 0 Å². The van der Waals surface area contributed by atoms with Crippen LogP contribution in [0.25, 0.3) is 0 Å². The molecule has 0 aromatic heterocycles. The van der Waals surface area contributed by atoms with Crippen LogP contribution in [-0.4, -0.2) is 22.9 Å². The Bertz CT molecular complexity index is 258. The summed E-state index contributed by atoms with van der Waals surface area (Å²) < 4.78 is 0. The van der Waals surface area contributed by atoms with Crippen LogP contribution >= 0.6 is 0 Å². The van der Waals surface area contributed by atoms with Crippen LogP contribution in [-0.2, 0) is 0 Å². The number of hydrogen-bond donors (Lipinski definition) is 2. The maximum Gasteiger partial charge on any atom is 0.0653 e. The second kappa shape index (κ2) is 5.13. The van der Waals surface area contributed by atoms with Crippen molar-refractivity contribution in [3.8, 4) is 0 Å². The van der Waals surface area contributed by atoms with Crippen molar-refractivity contribution in [2.24, 2.45) is 5.92 Å². The van der Waals surface area contributed by atoms with Crippen LogP contribution in [0.5, 0.6) is 0 Å². The van der Waals surface area contributed by atoms with E-state index in [0.717, 1.165) is 5.56 Å². The highest BCUT2D eigenvalue weighted by Gasteiger charge is 2.21. The first kappa shape index (κ1) is 11.2. The topological polar surface area (TPSA) is 40.5 Å². The number of benzene rings is 1. The largest absolute Gasteiger partial charge is 0.396 e. The minimum Gasteiger partial charge on any atom is -0.396 e. The van der Waals surface area contributed by atoms with Crippen LogP contribution in [0, 0.1) is 5.92 Å². The van der Waals surface area contributed by atoms with Crippen LogP contribution in [0.4, 0.5) is 0 Å². The molecule has 1 aromatic carbocycles. The van der Waals surface area contributed by atoms with E-state index in [1.54, 1.807) is 0 Å². The first-order valence-electron chi connectivity index (χ1n) is 5.00. The van der Waals surface area contributed by atoms with E-state index in [1.165, 1.54) is 0 Å². The van der Waals surface area contributed by atoms with Crippen LogP contribution < -0.4 is 0 Å². The fourth-order valence-corrected chi connectivity index (χ4v) is 1.55. The van der Waals surface area contributed by atoms with E-state index in [1.807, 2.05) is 44.2 Å². The fraction of sp³-hybridized carbons (Fsp3) is 0.500. The molecule has 0 aliphatic heterocycles. The van der Waals surface area contributed by atoms with Crippen molar-refractivity contribution in [3.63, 3.8) is 0 Å². The van der Waals surface area contributed by atoms with Crippen molar-refractivity contribution >= 4 is 0 Å². The molecule has 0 bridgehead atoms. The second-order valence-electron chi connectivity index (χ2n) is 3.85. The van der Waals surface area contributed by atoms with E-state index in [9.17, 15) is 5.11 Å². The van der Waals surface area contributed by atoms with Crippen molar-refractivity contribution < 1.29 is 10.2 Å². The van der Waals surface area contributed by atoms with E-state index in [2.05, 4.69) is 0 Å². The summed E-state index contributed by atoms with van der Waals surface area (Å²) in [4.78, 5) is 0. The number of rotatable bonds is 4. The summed E-state index contributed by atoms with van der Waals surface area (Å²) >= 11 is 0. The minimum absolute atomic E-state index is 0.0261. The Morgan fingerprint density at radius 2 is 1.71 bits per heavy atom. The van der Waals surface area contributed by atoms with Gasteiger partial charge in [-0.15, -0.1) is 0 Å². The Labute approximate surface area is 85.2 Å². The normalized spacial score (nSPS) is 17.4. The molecule has 1 rings (SSSR count). The van der Waals surface area contributed by atoms with Gasteiger partial charge in [0.05, 0.1) is 6.10 Å². The van der Waals surface area contributed by atoms with E-state index in [-0.39, 0.29) is 18.4 Å². The molecule has 0 saturated carbocycles. The van der Waals surface area contributed by atoms with Gasteiger partial charge in [0.2, 0.25) is 0 Å². The Hall–Kier alpha value is -0.860. The number of aliphatic hydroxyl groups excluding tert-OH is 2. The van der Waals surface area contributed by atoms with Crippen molar-refractivity contribution in [3.05, 3.63) is 35.9 Å². The van der Waals surface area contributed by atoms with Crippen molar-refractivity contribution in [1.82, 2.24) is 0 Å². The molecule has 0 aliphatic rings. The van der Waals surface area contributed by atoms with Gasteiger partial charge in [0.1, 0.15) is 0 Å². The summed E-state index contributed by atoms with van der Waals surface area (Å²) in [6.45, 7) is 3.86. The van der Waals surface area contributed by atoms with E-state index < -0.39 is 6.10 Å². The van der Waals surface area contributed by atoms with Gasteiger partial charge in [0.25, 0.3) is 0 Å². The number of hydrogen-bond acceptors (Lipinski definition) is 2. The monoisotopic (exact) mass is 194 g/mol. The lowest BCUT2D eigenvalue weighted by molar-refractivity contribution is 0.0598. The molecule has 1 aromatic rings. The van der Waals surface area contributed by atoms with Crippen molar-refractivity contribution in [2.75, 3.05) is 6.61 Å². The summed E-state index contributed by atoms with van der Waals surface area (Å²) in [5, 5.41) is 18.8. The van der Waals surface area contributed by atoms with E-state index in [0.29, 0.717) is 0 Å². The molecule has 0 unspecified atom stereocenters. The third-order valence-corrected chi connectivity index (χ3v) is 2.71. The van der Waals surface area contributed by atoms with Gasteiger partial charge in [-0.2, -0.15) is 0 Å². The molecule has 3 atom stereocenters. The van der Waals surface area contributed by atoms with Crippen LogP contribution in [0.3, 0.4) is 0 Å². The molecule has 0 heterocycles. The zero-order valence-electron chi connectivity index (χ0n) is 8.72. The summed E-state index contributed by atoms with van der Waals surface area (Å²) in [6, 6.07) is 9.87. The SMILES string of the molecule is C[C@H](CO)[C@@H](O)[C@@H](C)c1ccccc1. The molecule has 2 nitrogen and oxygen atoms in total. The minimum atomic E-state index is -0.484. The van der Waals surface area contributed by atoms with Gasteiger partial charge in [-0.25, -0.2) is 0 Å². The van der Waals surface area contributed by atoms with Crippen molar-refractivity contribution in [2.45, 2.75) is 25.9 Å². The smallest absolute Gasteiger partial charge is 0.0653 e. The van der Waals surface area contributed by atoms with Crippen LogP contribution in [0.1, 0.15) is 25.3 Å². The molecule has 0 fully saturated rings. The zero-order chi connectivity index (χ0) is 10.6. The van der Waals surface area contributed by atoms with Gasteiger partial charge >= 0.3 is 0 Å². The molecule has 0 saturated heterocycles. The van der Waals surface area contributed by atoms with Crippen molar-refractivity contribution in [1.29, 1.82) is 0 Å². The molecule has 0 aliphatic carbocycles. The Kier molecular flexibility index (Phi) is 4.11. The number of aliphatic hydroxyl groups is 2. The highest BCUT2D eigenvalue weighted by Crippen LogP contribution is 2.23. The second-order valence-corrected chi connectivity index (χ2v) is 3.85. The molecule has 2 N–H and O–H groups in total. The third-order valence-electron chi connectivity index (χ3n) is 2.71. The lowest BCUT2D eigenvalue weighted by atomic mass is 9.88. The lowest BCUT2D eigenvalue weighted by Crippen LogP contribution is -2.26. The standard InChI is InChI=1S/C12H18O2/c1-9(8-13)12(14)10(2)11-6-4-3-5-7-11/h3-7,9-10,12-14H,8H2,1-2H3/t9-,10+,12-/m1/s1. The summed E-state index contributed by atoms with van der Waals surface area (Å²) in [7, 11) is 0. The molecule has 0 amide bonds. The third kappa shape index (κ3) is 2.56. The Morgan fingerprint density at radius 3 is 2.21 bits per heavy atom. The maximum absolute atomic E-state index is 9.88. The van der Waals surface area contributed by atoms with Crippen LogP contribution in [0.2, 0.25) is 0 Å². The quantitative estimate of drug-likeness (QED) is 0.767. The molecule has 0 spiro atoms. The van der Waals surface area contributed by atoms with Gasteiger partial charge in [0.15, 0.2) is 0 Å². The summed E-state index contributed by atoms with van der Waals surface area (Å²) in [5.41, 5.74) is 1.11. The van der Waals surface area contributed by atoms with E-state index in [4.69, 9.17) is 5.11 Å². The predicted molar refractivity (Wildman–Crippen MR) is 57.1 cm³/mol. The zero-order valence-corrected chi connectivity index (χ0v) is 8.72. The van der Waals surface area contributed by atoms with Crippen LogP contribution in [0.15, 0.2) is 30.3 Å². The molecule has 78 valence electrons. The summed E-state index contributed by atoms with van der Waals surface area (Å²) in [6.07, 6.45) is -0.484. The summed E-state index contributed by atoms with van der Waals surface area (Å²) in [5.74, 6) is -0.0106. The van der Waals surface area contributed by atoms with Gasteiger partial charge in [-0.05, 0) is 5.56 Å². The average Bonchev–Trinajstić information content (AvgIpc) is 2.27. The lowest BCUT2D eigenvalue weighted by Gasteiger charge is -2.23. The first-order chi connectivity index (χ1) is 6.66. The first-order valence-corrected chi connectivity index (χ1v) is 5.00. The highest BCUT2D eigenvalue weighted by atomic mass is 16.3. The fourth-order valence-electron chi connectivity index (χ4n) is 1.55. The molecular formula is C12H18O2. The Morgan fingerprint density at radius 1 is 1.14 bits per heavy atom. The molecule has 14 heavy (non-hydrogen) atoms. The van der Waals surface area contributed by atoms with Gasteiger partial charge < -0.3 is 10.2 Å². The average molecular weight is 194 g/mol. The van der Waals surface area contributed by atoms with Gasteiger partial charge in [-0.3, -0.25) is 0 Å². The molecule has 2 heteroatoms. The van der Waals surface area contributed by atoms with Gasteiger partial charge in [0, 0.05) is 18.4 Å². The Balaban J connectivity index is 2.70. The predicted octanol–water partition coefficient (Wildman–Crippen LogP) is 1.78. The van der Waals surface area contributed by atoms with Gasteiger partial charge in [-0.1, -0.05) is 44.2 Å². The maximum atomic E-state index is 9.88. The molecule has 0 radical (unpaired) electrons.